The summed E-state index contributed by atoms with van der Waals surface area (Å²) in [4.78, 5) is 4.09. The molecule has 0 saturated carbocycles. The lowest BCUT2D eigenvalue weighted by molar-refractivity contribution is 0.244. The summed E-state index contributed by atoms with van der Waals surface area (Å²) in [7, 11) is 0. The lowest BCUT2D eigenvalue weighted by atomic mass is 10.4. The van der Waals surface area contributed by atoms with Gasteiger partial charge in [0.15, 0.2) is 0 Å². The van der Waals surface area contributed by atoms with Crippen molar-refractivity contribution >= 4 is 11.5 Å². The number of furan rings is 1. The van der Waals surface area contributed by atoms with Crippen LogP contribution in [0.5, 0.6) is 0 Å². The molecule has 5 heteroatoms. The molecule has 0 aliphatic heterocycles. The zero-order chi connectivity index (χ0) is 11.4. The Hall–Kier alpha value is -2.01. The first-order valence-corrected chi connectivity index (χ1v) is 4.92. The first-order chi connectivity index (χ1) is 7.79. The molecule has 2 aromatic heterocycles. The maximum absolute atomic E-state index is 8.83. The highest BCUT2D eigenvalue weighted by atomic mass is 16.4. The quantitative estimate of drug-likeness (QED) is 0.723. The largest absolute Gasteiger partial charge is 0.462 e. The van der Waals surface area contributed by atoms with Crippen LogP contribution in [0.1, 0.15) is 11.5 Å². The molecule has 0 fully saturated rings. The van der Waals surface area contributed by atoms with Crippen LogP contribution in [0.2, 0.25) is 0 Å². The molecule has 0 saturated heterocycles. The lowest BCUT2D eigenvalue weighted by Crippen LogP contribution is -2.03. The van der Waals surface area contributed by atoms with Gasteiger partial charge in [-0.05, 0) is 24.3 Å². The van der Waals surface area contributed by atoms with Gasteiger partial charge in [0.25, 0.3) is 0 Å². The Labute approximate surface area is 92.9 Å². The van der Waals surface area contributed by atoms with Crippen molar-refractivity contribution in [3.05, 3.63) is 42.0 Å². The Bertz CT molecular complexity index is 468. The number of aliphatic hydroxyl groups excluding tert-OH is 1. The van der Waals surface area contributed by atoms with Crippen LogP contribution in [0.25, 0.3) is 0 Å². The van der Waals surface area contributed by atoms with Gasteiger partial charge in [0.2, 0.25) is 0 Å². The van der Waals surface area contributed by atoms with Crippen molar-refractivity contribution < 1.29 is 9.52 Å². The maximum Gasteiger partial charge on any atom is 0.149 e. The number of hydrogen-bond donors (Lipinski definition) is 3. The summed E-state index contributed by atoms with van der Waals surface area (Å²) in [6.07, 6.45) is 1.67. The first kappa shape index (κ1) is 10.5. The molecule has 2 aromatic rings. The van der Waals surface area contributed by atoms with Gasteiger partial charge in [0.05, 0.1) is 12.2 Å². The van der Waals surface area contributed by atoms with Crippen LogP contribution in [0, 0.1) is 0 Å². The van der Waals surface area contributed by atoms with Crippen molar-refractivity contribution in [3.63, 3.8) is 0 Å². The van der Waals surface area contributed by atoms with Crippen molar-refractivity contribution in [2.24, 2.45) is 0 Å². The Kier molecular flexibility index (Phi) is 3.07. The fraction of sp³-hybridized carbons (Fsp3) is 0.182. The van der Waals surface area contributed by atoms with Gasteiger partial charge in [-0.15, -0.1) is 0 Å². The maximum atomic E-state index is 8.83. The molecular formula is C11H13N3O2. The van der Waals surface area contributed by atoms with Crippen LogP contribution >= 0.6 is 0 Å². The Morgan fingerprint density at radius 3 is 2.81 bits per heavy atom. The molecule has 5 nitrogen and oxygen atoms in total. The molecule has 0 aliphatic rings. The summed E-state index contributed by atoms with van der Waals surface area (Å²) in [5, 5.41) is 11.9. The summed E-state index contributed by atoms with van der Waals surface area (Å²) in [5.41, 5.74) is 6.31. The van der Waals surface area contributed by atoms with Gasteiger partial charge < -0.3 is 20.6 Å². The van der Waals surface area contributed by atoms with E-state index in [9.17, 15) is 0 Å². The summed E-state index contributed by atoms with van der Waals surface area (Å²) in [6, 6.07) is 7.09. The molecule has 0 spiro atoms. The smallest absolute Gasteiger partial charge is 0.149 e. The van der Waals surface area contributed by atoms with Gasteiger partial charge in [-0.3, -0.25) is 0 Å². The third-order valence-corrected chi connectivity index (χ3v) is 2.14. The Balaban J connectivity index is 1.99. The van der Waals surface area contributed by atoms with Crippen molar-refractivity contribution in [2.75, 3.05) is 11.1 Å². The molecule has 0 bridgehead atoms. The molecule has 0 unspecified atom stereocenters. The van der Waals surface area contributed by atoms with Crippen LogP contribution in [0.4, 0.5) is 11.5 Å². The topological polar surface area (TPSA) is 84.3 Å². The van der Waals surface area contributed by atoms with Crippen molar-refractivity contribution in [2.45, 2.75) is 13.2 Å². The number of aliphatic hydroxyl groups is 1. The molecule has 0 aliphatic carbocycles. The van der Waals surface area contributed by atoms with Crippen molar-refractivity contribution in [1.29, 1.82) is 0 Å². The van der Waals surface area contributed by atoms with Gasteiger partial charge in [0.1, 0.15) is 23.9 Å². The summed E-state index contributed by atoms with van der Waals surface area (Å²) >= 11 is 0. The van der Waals surface area contributed by atoms with Gasteiger partial charge in [-0.25, -0.2) is 4.98 Å². The van der Waals surface area contributed by atoms with Crippen LogP contribution in [0.3, 0.4) is 0 Å². The Morgan fingerprint density at radius 1 is 1.31 bits per heavy atom. The number of aromatic nitrogens is 1. The highest BCUT2D eigenvalue weighted by Crippen LogP contribution is 2.15. The van der Waals surface area contributed by atoms with E-state index in [-0.39, 0.29) is 6.61 Å². The number of rotatable bonds is 4. The van der Waals surface area contributed by atoms with Crippen molar-refractivity contribution in [1.82, 2.24) is 4.98 Å². The SMILES string of the molecule is Nc1cccnc1NCc1ccc(CO)o1. The molecule has 0 aromatic carbocycles. The minimum Gasteiger partial charge on any atom is -0.462 e. The Morgan fingerprint density at radius 2 is 2.12 bits per heavy atom. The minimum atomic E-state index is -0.0915. The minimum absolute atomic E-state index is 0.0915. The summed E-state index contributed by atoms with van der Waals surface area (Å²) in [5.74, 6) is 1.91. The average Bonchev–Trinajstić information content (AvgIpc) is 2.76. The van der Waals surface area contributed by atoms with E-state index in [1.807, 2.05) is 0 Å². The highest BCUT2D eigenvalue weighted by molar-refractivity contribution is 5.60. The van der Waals surface area contributed by atoms with Crippen LogP contribution < -0.4 is 11.1 Å². The number of nitrogens with two attached hydrogens (primary N) is 1. The standard InChI is InChI=1S/C11H13N3O2/c12-10-2-1-5-13-11(10)14-6-8-3-4-9(7-15)16-8/h1-5,15H,6-7,12H2,(H,13,14). The second-order valence-corrected chi connectivity index (χ2v) is 3.32. The molecule has 2 heterocycles. The molecule has 4 N–H and O–H groups in total. The molecule has 2 rings (SSSR count). The lowest BCUT2D eigenvalue weighted by Gasteiger charge is -2.05. The predicted octanol–water partition coefficient (Wildman–Crippen LogP) is 1.36. The summed E-state index contributed by atoms with van der Waals surface area (Å²) < 4.78 is 5.31. The second kappa shape index (κ2) is 4.67. The molecule has 0 radical (unpaired) electrons. The molecular weight excluding hydrogens is 206 g/mol. The number of nitrogens with zero attached hydrogens (tertiary/aromatic N) is 1. The van der Waals surface area contributed by atoms with Gasteiger partial charge in [-0.2, -0.15) is 0 Å². The zero-order valence-electron chi connectivity index (χ0n) is 8.68. The van der Waals surface area contributed by atoms with Gasteiger partial charge in [-0.1, -0.05) is 0 Å². The van der Waals surface area contributed by atoms with Gasteiger partial charge in [0, 0.05) is 6.20 Å². The van der Waals surface area contributed by atoms with Crippen LogP contribution in [-0.2, 0) is 13.2 Å². The normalized spacial score (nSPS) is 10.3. The number of pyridine rings is 1. The molecule has 0 atom stereocenters. The van der Waals surface area contributed by atoms with E-state index < -0.39 is 0 Å². The average molecular weight is 219 g/mol. The van der Waals surface area contributed by atoms with Crippen molar-refractivity contribution in [3.8, 4) is 0 Å². The van der Waals surface area contributed by atoms with E-state index >= 15 is 0 Å². The monoisotopic (exact) mass is 219 g/mol. The molecule has 0 amide bonds. The number of hydrogen-bond acceptors (Lipinski definition) is 5. The molecule has 84 valence electrons. The fourth-order valence-electron chi connectivity index (χ4n) is 1.34. The summed E-state index contributed by atoms with van der Waals surface area (Å²) in [6.45, 7) is 0.396. The second-order valence-electron chi connectivity index (χ2n) is 3.32. The predicted molar refractivity (Wildman–Crippen MR) is 60.6 cm³/mol. The van der Waals surface area contributed by atoms with E-state index in [0.29, 0.717) is 23.8 Å². The van der Waals surface area contributed by atoms with E-state index in [0.717, 1.165) is 5.76 Å². The zero-order valence-corrected chi connectivity index (χ0v) is 8.68. The number of anilines is 2. The number of nitrogens with one attached hydrogen (secondary N) is 1. The third kappa shape index (κ3) is 2.32. The third-order valence-electron chi connectivity index (χ3n) is 2.14. The van der Waals surface area contributed by atoms with Crippen LogP contribution in [0.15, 0.2) is 34.9 Å². The highest BCUT2D eigenvalue weighted by Gasteiger charge is 2.02. The van der Waals surface area contributed by atoms with E-state index in [1.165, 1.54) is 0 Å². The van der Waals surface area contributed by atoms with Gasteiger partial charge >= 0.3 is 0 Å². The van der Waals surface area contributed by atoms with E-state index in [2.05, 4.69) is 10.3 Å². The number of nitrogen functional groups attached to an aromatic ring is 1. The fourth-order valence-corrected chi connectivity index (χ4v) is 1.34. The van der Waals surface area contributed by atoms with Crippen LogP contribution in [-0.4, -0.2) is 10.1 Å². The first-order valence-electron chi connectivity index (χ1n) is 4.92. The molecule has 16 heavy (non-hydrogen) atoms. The van der Waals surface area contributed by atoms with E-state index in [1.54, 1.807) is 30.5 Å². The van der Waals surface area contributed by atoms with E-state index in [4.69, 9.17) is 15.3 Å².